The summed E-state index contributed by atoms with van der Waals surface area (Å²) in [6.07, 6.45) is 6.38. The summed E-state index contributed by atoms with van der Waals surface area (Å²) in [6, 6.07) is 12.3. The van der Waals surface area contributed by atoms with Crippen LogP contribution in [0.3, 0.4) is 0 Å². The number of pyridine rings is 1. The molecule has 0 aliphatic rings. The number of benzene rings is 1. The van der Waals surface area contributed by atoms with E-state index in [1.807, 2.05) is 18.2 Å². The molecule has 0 amide bonds. The maximum Gasteiger partial charge on any atom is 0.227 e. The Labute approximate surface area is 149 Å². The molecule has 2 heterocycles. The monoisotopic (exact) mass is 332 g/mol. The van der Waals surface area contributed by atoms with Crippen LogP contribution < -0.4 is 5.32 Å². The Morgan fingerprint density at radius 1 is 1.04 bits per heavy atom. The zero-order valence-corrected chi connectivity index (χ0v) is 15.2. The van der Waals surface area contributed by atoms with Crippen LogP contribution in [-0.2, 0) is 6.42 Å². The molecule has 0 saturated carbocycles. The summed E-state index contributed by atoms with van der Waals surface area (Å²) < 4.78 is 0. The van der Waals surface area contributed by atoms with Crippen molar-refractivity contribution in [3.8, 4) is 11.3 Å². The molecular formula is C21H24N4. The normalized spacial score (nSPS) is 11.4. The first-order valence-corrected chi connectivity index (χ1v) is 8.51. The van der Waals surface area contributed by atoms with E-state index in [0.717, 1.165) is 23.4 Å². The van der Waals surface area contributed by atoms with E-state index >= 15 is 0 Å². The Balaban J connectivity index is 1.81. The summed E-state index contributed by atoms with van der Waals surface area (Å²) in [7, 11) is 0. The van der Waals surface area contributed by atoms with Gasteiger partial charge >= 0.3 is 0 Å². The Bertz CT molecular complexity index is 851. The van der Waals surface area contributed by atoms with Crippen molar-refractivity contribution in [1.29, 1.82) is 0 Å². The molecule has 2 aromatic heterocycles. The Morgan fingerprint density at radius 3 is 2.56 bits per heavy atom. The third-order valence-corrected chi connectivity index (χ3v) is 3.88. The van der Waals surface area contributed by atoms with E-state index < -0.39 is 0 Å². The number of nitrogens with zero attached hydrogens (tertiary/aromatic N) is 3. The number of nitrogens with one attached hydrogen (secondary N) is 1. The van der Waals surface area contributed by atoms with Gasteiger partial charge in [-0.2, -0.15) is 0 Å². The molecule has 0 spiro atoms. The molecule has 4 heteroatoms. The molecule has 0 saturated heterocycles. The van der Waals surface area contributed by atoms with E-state index in [0.29, 0.717) is 5.95 Å². The van der Waals surface area contributed by atoms with E-state index in [1.54, 1.807) is 18.6 Å². The minimum absolute atomic E-state index is 0.280. The van der Waals surface area contributed by atoms with Crippen molar-refractivity contribution >= 4 is 11.6 Å². The first-order valence-electron chi connectivity index (χ1n) is 8.51. The van der Waals surface area contributed by atoms with Crippen LogP contribution in [0.25, 0.3) is 11.3 Å². The lowest BCUT2D eigenvalue weighted by Gasteiger charge is -2.19. The highest BCUT2D eigenvalue weighted by molar-refractivity contribution is 5.63. The predicted molar refractivity (Wildman–Crippen MR) is 103 cm³/mol. The maximum absolute atomic E-state index is 4.60. The highest BCUT2D eigenvalue weighted by Gasteiger charge is 2.12. The molecule has 3 rings (SSSR count). The van der Waals surface area contributed by atoms with Crippen LogP contribution in [0.4, 0.5) is 11.6 Å². The molecule has 25 heavy (non-hydrogen) atoms. The SMILES string of the molecule is Cc1cc(CC(C)(C)C)ccc1Nc1nccc(-c2cccnc2)n1. The third kappa shape index (κ3) is 4.63. The quantitative estimate of drug-likeness (QED) is 0.715. The number of aromatic nitrogens is 3. The van der Waals surface area contributed by atoms with Crippen molar-refractivity contribution in [2.45, 2.75) is 34.1 Å². The molecule has 0 aliphatic heterocycles. The van der Waals surface area contributed by atoms with Crippen molar-refractivity contribution in [2.75, 3.05) is 5.32 Å². The standard InChI is InChI=1S/C21H24N4/c1-15-12-16(13-21(2,3)4)7-8-18(15)24-20-23-11-9-19(25-20)17-6-5-10-22-14-17/h5-12,14H,13H2,1-4H3,(H,23,24,25). The maximum atomic E-state index is 4.60. The first-order chi connectivity index (χ1) is 11.9. The topological polar surface area (TPSA) is 50.7 Å². The minimum Gasteiger partial charge on any atom is -0.324 e. The third-order valence-electron chi connectivity index (χ3n) is 3.88. The number of rotatable bonds is 4. The molecule has 1 N–H and O–H groups in total. The Kier molecular flexibility index (Phi) is 4.79. The number of aryl methyl sites for hydroxylation is 1. The summed E-state index contributed by atoms with van der Waals surface area (Å²) in [4.78, 5) is 13.1. The second-order valence-electron chi connectivity index (χ2n) is 7.52. The summed E-state index contributed by atoms with van der Waals surface area (Å²) >= 11 is 0. The molecule has 0 bridgehead atoms. The fourth-order valence-corrected chi connectivity index (χ4v) is 2.80. The van der Waals surface area contributed by atoms with Crippen molar-refractivity contribution in [3.05, 3.63) is 66.1 Å². The average molecular weight is 332 g/mol. The van der Waals surface area contributed by atoms with Crippen LogP contribution in [-0.4, -0.2) is 15.0 Å². The van der Waals surface area contributed by atoms with E-state index in [9.17, 15) is 0 Å². The van der Waals surface area contributed by atoms with Crippen molar-refractivity contribution in [2.24, 2.45) is 5.41 Å². The highest BCUT2D eigenvalue weighted by Crippen LogP contribution is 2.25. The van der Waals surface area contributed by atoms with E-state index in [2.05, 4.69) is 66.2 Å². The van der Waals surface area contributed by atoms with Gasteiger partial charge in [-0.1, -0.05) is 32.9 Å². The molecule has 4 nitrogen and oxygen atoms in total. The van der Waals surface area contributed by atoms with Crippen molar-refractivity contribution < 1.29 is 0 Å². The van der Waals surface area contributed by atoms with Crippen LogP contribution in [0, 0.1) is 12.3 Å². The lowest BCUT2D eigenvalue weighted by atomic mass is 9.87. The van der Waals surface area contributed by atoms with Gasteiger partial charge in [0.25, 0.3) is 0 Å². The molecule has 128 valence electrons. The second-order valence-corrected chi connectivity index (χ2v) is 7.52. The van der Waals surface area contributed by atoms with Gasteiger partial charge in [-0.3, -0.25) is 4.98 Å². The second kappa shape index (κ2) is 7.01. The number of anilines is 2. The van der Waals surface area contributed by atoms with Gasteiger partial charge in [-0.05, 0) is 54.2 Å². The molecule has 0 atom stereocenters. The summed E-state index contributed by atoms with van der Waals surface area (Å²) in [6.45, 7) is 8.88. The highest BCUT2D eigenvalue weighted by atomic mass is 15.1. The Morgan fingerprint density at radius 2 is 1.88 bits per heavy atom. The lowest BCUT2D eigenvalue weighted by molar-refractivity contribution is 0.411. The average Bonchev–Trinajstić information content (AvgIpc) is 2.57. The van der Waals surface area contributed by atoms with Crippen LogP contribution in [0.5, 0.6) is 0 Å². The molecule has 0 unspecified atom stereocenters. The fraction of sp³-hybridized carbons (Fsp3) is 0.286. The molecule has 0 radical (unpaired) electrons. The lowest BCUT2D eigenvalue weighted by Crippen LogP contribution is -2.09. The van der Waals surface area contributed by atoms with E-state index in [-0.39, 0.29) is 5.41 Å². The molecule has 0 fully saturated rings. The zero-order valence-electron chi connectivity index (χ0n) is 15.2. The minimum atomic E-state index is 0.280. The summed E-state index contributed by atoms with van der Waals surface area (Å²) in [5.74, 6) is 0.591. The van der Waals surface area contributed by atoms with Gasteiger partial charge in [0.05, 0.1) is 5.69 Å². The van der Waals surface area contributed by atoms with Crippen LogP contribution in [0.2, 0.25) is 0 Å². The van der Waals surface area contributed by atoms with Gasteiger partial charge < -0.3 is 5.32 Å². The number of hydrogen-bond acceptors (Lipinski definition) is 4. The van der Waals surface area contributed by atoms with Crippen molar-refractivity contribution in [1.82, 2.24) is 15.0 Å². The molecule has 3 aromatic rings. The van der Waals surface area contributed by atoms with Gasteiger partial charge in [0.1, 0.15) is 0 Å². The predicted octanol–water partition coefficient (Wildman–Crippen LogP) is 5.18. The van der Waals surface area contributed by atoms with Gasteiger partial charge in [0, 0.05) is 29.8 Å². The van der Waals surface area contributed by atoms with Gasteiger partial charge in [0.15, 0.2) is 0 Å². The van der Waals surface area contributed by atoms with Gasteiger partial charge in [-0.15, -0.1) is 0 Å². The smallest absolute Gasteiger partial charge is 0.227 e. The van der Waals surface area contributed by atoms with Crippen LogP contribution in [0.15, 0.2) is 55.0 Å². The van der Waals surface area contributed by atoms with Gasteiger partial charge in [0.2, 0.25) is 5.95 Å². The molecular weight excluding hydrogens is 308 g/mol. The zero-order chi connectivity index (χ0) is 17.9. The molecule has 1 aromatic carbocycles. The molecule has 0 aliphatic carbocycles. The largest absolute Gasteiger partial charge is 0.324 e. The van der Waals surface area contributed by atoms with Crippen LogP contribution in [0.1, 0.15) is 31.9 Å². The fourth-order valence-electron chi connectivity index (χ4n) is 2.80. The van der Waals surface area contributed by atoms with E-state index in [1.165, 1.54) is 11.1 Å². The Hall–Kier alpha value is -2.75. The van der Waals surface area contributed by atoms with Crippen LogP contribution >= 0.6 is 0 Å². The van der Waals surface area contributed by atoms with Gasteiger partial charge in [-0.25, -0.2) is 9.97 Å². The van der Waals surface area contributed by atoms with E-state index in [4.69, 9.17) is 0 Å². The van der Waals surface area contributed by atoms with Crippen molar-refractivity contribution in [3.63, 3.8) is 0 Å². The summed E-state index contributed by atoms with van der Waals surface area (Å²) in [5, 5.41) is 3.33. The summed E-state index contributed by atoms with van der Waals surface area (Å²) in [5.41, 5.74) is 5.68. The number of hydrogen-bond donors (Lipinski definition) is 1. The first kappa shape index (κ1) is 17.1.